The van der Waals surface area contributed by atoms with Crippen LogP contribution in [0.2, 0.25) is 0 Å². The van der Waals surface area contributed by atoms with Crippen molar-refractivity contribution in [3.63, 3.8) is 0 Å². The smallest absolute Gasteiger partial charge is 0.00966 e. The van der Waals surface area contributed by atoms with Crippen molar-refractivity contribution >= 4 is 0 Å². The fourth-order valence-corrected chi connectivity index (χ4v) is 2.65. The Hall–Kier alpha value is -0.0800. The van der Waals surface area contributed by atoms with E-state index in [0.717, 1.165) is 12.1 Å². The van der Waals surface area contributed by atoms with Gasteiger partial charge in [-0.15, -0.1) is 0 Å². The highest BCUT2D eigenvalue weighted by Crippen LogP contribution is 2.32. The molecule has 0 radical (unpaired) electrons. The molecule has 0 amide bonds. The molecule has 2 saturated carbocycles. The summed E-state index contributed by atoms with van der Waals surface area (Å²) in [4.78, 5) is 2.78. The Kier molecular flexibility index (Phi) is 5.08. The second-order valence-electron chi connectivity index (χ2n) is 6.87. The van der Waals surface area contributed by atoms with Crippen molar-refractivity contribution < 1.29 is 0 Å². The van der Waals surface area contributed by atoms with Gasteiger partial charge in [-0.05, 0) is 50.5 Å². The summed E-state index contributed by atoms with van der Waals surface area (Å²) >= 11 is 0. The van der Waals surface area contributed by atoms with Gasteiger partial charge in [0.05, 0.1) is 0 Å². The van der Waals surface area contributed by atoms with Gasteiger partial charge in [0, 0.05) is 25.2 Å². The highest BCUT2D eigenvalue weighted by Gasteiger charge is 2.34. The number of nitrogens with zero attached hydrogens (tertiary/aromatic N) is 1. The molecule has 18 heavy (non-hydrogen) atoms. The largest absolute Gasteiger partial charge is 0.313 e. The van der Waals surface area contributed by atoms with E-state index in [4.69, 9.17) is 0 Å². The highest BCUT2D eigenvalue weighted by atomic mass is 15.2. The molecule has 2 nitrogen and oxygen atoms in total. The Bertz CT molecular complexity index is 245. The monoisotopic (exact) mass is 252 g/mol. The predicted molar refractivity (Wildman–Crippen MR) is 78.9 cm³/mol. The predicted octanol–water partition coefficient (Wildman–Crippen LogP) is 3.42. The maximum atomic E-state index is 3.74. The third-order valence-corrected chi connectivity index (χ3v) is 4.70. The molecule has 0 aliphatic heterocycles. The lowest BCUT2D eigenvalue weighted by atomic mass is 9.86. The molecule has 2 fully saturated rings. The van der Waals surface area contributed by atoms with Gasteiger partial charge >= 0.3 is 0 Å². The minimum atomic E-state index is 0.471. The maximum Gasteiger partial charge on any atom is 0.00966 e. The molecule has 1 unspecified atom stereocenters. The molecule has 0 aromatic heterocycles. The normalized spacial score (nSPS) is 23.3. The summed E-state index contributed by atoms with van der Waals surface area (Å²) in [7, 11) is 0. The van der Waals surface area contributed by atoms with Crippen molar-refractivity contribution in [2.75, 3.05) is 19.6 Å². The lowest BCUT2D eigenvalue weighted by Gasteiger charge is -2.35. The molecule has 0 saturated heterocycles. The van der Waals surface area contributed by atoms with Gasteiger partial charge in [-0.25, -0.2) is 0 Å². The van der Waals surface area contributed by atoms with Crippen molar-refractivity contribution in [3.05, 3.63) is 0 Å². The first-order chi connectivity index (χ1) is 8.67. The average molecular weight is 252 g/mol. The molecular formula is C16H32N2. The molecule has 0 aromatic carbocycles. The first-order valence-electron chi connectivity index (χ1n) is 8.14. The molecule has 0 bridgehead atoms. The van der Waals surface area contributed by atoms with E-state index in [2.05, 4.69) is 31.0 Å². The Balaban J connectivity index is 1.80. The van der Waals surface area contributed by atoms with Gasteiger partial charge in [0.1, 0.15) is 0 Å². The summed E-state index contributed by atoms with van der Waals surface area (Å²) < 4.78 is 0. The highest BCUT2D eigenvalue weighted by molar-refractivity contribution is 4.91. The standard InChI is InChI=1S/C16H32N2/c1-4-6-11-18(15-9-10-15)13-16(3,5-2)12-17-14-7-8-14/h14-15,17H,4-13H2,1-3H3. The van der Waals surface area contributed by atoms with E-state index in [1.165, 1.54) is 64.6 Å². The van der Waals surface area contributed by atoms with Crippen LogP contribution < -0.4 is 5.32 Å². The Morgan fingerprint density at radius 2 is 1.89 bits per heavy atom. The Morgan fingerprint density at radius 1 is 1.17 bits per heavy atom. The van der Waals surface area contributed by atoms with Gasteiger partial charge < -0.3 is 5.32 Å². The van der Waals surface area contributed by atoms with Crippen LogP contribution >= 0.6 is 0 Å². The topological polar surface area (TPSA) is 15.3 Å². The molecule has 2 aliphatic rings. The van der Waals surface area contributed by atoms with Gasteiger partial charge in [-0.1, -0.05) is 27.2 Å². The summed E-state index contributed by atoms with van der Waals surface area (Å²) in [5.74, 6) is 0. The second-order valence-corrected chi connectivity index (χ2v) is 6.87. The summed E-state index contributed by atoms with van der Waals surface area (Å²) in [6.07, 6.45) is 9.68. The van der Waals surface area contributed by atoms with Crippen LogP contribution in [0.25, 0.3) is 0 Å². The van der Waals surface area contributed by atoms with Crippen molar-refractivity contribution in [2.45, 2.75) is 77.8 Å². The van der Waals surface area contributed by atoms with Crippen LogP contribution in [0.4, 0.5) is 0 Å². The minimum Gasteiger partial charge on any atom is -0.313 e. The molecule has 2 heteroatoms. The first-order valence-corrected chi connectivity index (χ1v) is 8.14. The van der Waals surface area contributed by atoms with Crippen molar-refractivity contribution in [1.29, 1.82) is 0 Å². The summed E-state index contributed by atoms with van der Waals surface area (Å²) in [6, 6.07) is 1.77. The van der Waals surface area contributed by atoms with Gasteiger partial charge in [-0.3, -0.25) is 4.90 Å². The fraction of sp³-hybridized carbons (Fsp3) is 1.00. The molecule has 0 heterocycles. The fourth-order valence-electron chi connectivity index (χ4n) is 2.65. The molecule has 0 aromatic rings. The van der Waals surface area contributed by atoms with Gasteiger partial charge in [0.15, 0.2) is 0 Å². The van der Waals surface area contributed by atoms with Gasteiger partial charge in [0.25, 0.3) is 0 Å². The van der Waals surface area contributed by atoms with E-state index < -0.39 is 0 Å². The zero-order chi connectivity index (χ0) is 13.0. The molecule has 106 valence electrons. The number of rotatable bonds is 10. The van der Waals surface area contributed by atoms with E-state index in [-0.39, 0.29) is 0 Å². The van der Waals surface area contributed by atoms with Crippen LogP contribution in [0.15, 0.2) is 0 Å². The van der Waals surface area contributed by atoms with E-state index in [9.17, 15) is 0 Å². The van der Waals surface area contributed by atoms with Gasteiger partial charge in [-0.2, -0.15) is 0 Å². The zero-order valence-corrected chi connectivity index (χ0v) is 12.7. The lowest BCUT2D eigenvalue weighted by Crippen LogP contribution is -2.43. The van der Waals surface area contributed by atoms with E-state index in [0.29, 0.717) is 5.41 Å². The molecule has 2 rings (SSSR count). The van der Waals surface area contributed by atoms with E-state index in [1.54, 1.807) is 0 Å². The van der Waals surface area contributed by atoms with Crippen LogP contribution in [-0.2, 0) is 0 Å². The quantitative estimate of drug-likeness (QED) is 0.641. The number of hydrogen-bond acceptors (Lipinski definition) is 2. The molecule has 1 atom stereocenters. The number of nitrogens with one attached hydrogen (secondary N) is 1. The van der Waals surface area contributed by atoms with Crippen LogP contribution in [-0.4, -0.2) is 36.6 Å². The van der Waals surface area contributed by atoms with Crippen LogP contribution in [0.5, 0.6) is 0 Å². The molecule has 1 N–H and O–H groups in total. The molecular weight excluding hydrogens is 220 g/mol. The van der Waals surface area contributed by atoms with Crippen LogP contribution in [0.1, 0.15) is 65.7 Å². The van der Waals surface area contributed by atoms with Crippen molar-refractivity contribution in [2.24, 2.45) is 5.41 Å². The van der Waals surface area contributed by atoms with Crippen molar-refractivity contribution in [3.8, 4) is 0 Å². The van der Waals surface area contributed by atoms with Crippen LogP contribution in [0.3, 0.4) is 0 Å². The van der Waals surface area contributed by atoms with E-state index in [1.807, 2.05) is 0 Å². The zero-order valence-electron chi connectivity index (χ0n) is 12.7. The first kappa shape index (κ1) is 14.3. The Morgan fingerprint density at radius 3 is 2.39 bits per heavy atom. The molecule has 0 spiro atoms. The number of unbranched alkanes of at least 4 members (excludes halogenated alkanes) is 1. The van der Waals surface area contributed by atoms with Crippen molar-refractivity contribution in [1.82, 2.24) is 10.2 Å². The lowest BCUT2D eigenvalue weighted by molar-refractivity contribution is 0.146. The Labute approximate surface area is 114 Å². The SMILES string of the molecule is CCCCN(CC(C)(CC)CNC1CC1)C1CC1. The van der Waals surface area contributed by atoms with E-state index >= 15 is 0 Å². The number of hydrogen-bond donors (Lipinski definition) is 1. The van der Waals surface area contributed by atoms with Crippen LogP contribution in [0, 0.1) is 5.41 Å². The van der Waals surface area contributed by atoms with Gasteiger partial charge in [0.2, 0.25) is 0 Å². The minimum absolute atomic E-state index is 0.471. The second kappa shape index (κ2) is 6.38. The summed E-state index contributed by atoms with van der Waals surface area (Å²) in [6.45, 7) is 11.0. The average Bonchev–Trinajstić information content (AvgIpc) is 3.24. The molecule has 2 aliphatic carbocycles. The third-order valence-electron chi connectivity index (χ3n) is 4.70. The summed E-state index contributed by atoms with van der Waals surface area (Å²) in [5.41, 5.74) is 0.471. The summed E-state index contributed by atoms with van der Waals surface area (Å²) in [5, 5.41) is 3.74. The third kappa shape index (κ3) is 4.55. The maximum absolute atomic E-state index is 3.74.